The molecule has 0 aromatic heterocycles. The van der Waals surface area contributed by atoms with Gasteiger partial charge < -0.3 is 9.64 Å². The van der Waals surface area contributed by atoms with Crippen LogP contribution in [-0.4, -0.2) is 28.7 Å². The van der Waals surface area contributed by atoms with Crippen molar-refractivity contribution in [3.05, 3.63) is 64.7 Å². The molecular formula is C22H22N2O4. The van der Waals surface area contributed by atoms with E-state index in [4.69, 9.17) is 4.74 Å². The molecule has 0 saturated carbocycles. The summed E-state index contributed by atoms with van der Waals surface area (Å²) in [5, 5.41) is 2.38. The molecule has 2 aromatic rings. The van der Waals surface area contributed by atoms with Crippen LogP contribution in [0.15, 0.2) is 42.5 Å². The van der Waals surface area contributed by atoms with Crippen LogP contribution in [0.1, 0.15) is 46.3 Å². The van der Waals surface area contributed by atoms with Crippen LogP contribution < -0.4 is 10.1 Å². The number of carbonyl (C=O) groups excluding carboxylic acids is 3. The fraction of sp³-hybridized carbons (Fsp3) is 0.318. The third-order valence-electron chi connectivity index (χ3n) is 5.29. The van der Waals surface area contributed by atoms with Crippen molar-refractivity contribution in [1.82, 2.24) is 10.2 Å². The minimum atomic E-state index is -0.628. The van der Waals surface area contributed by atoms with Gasteiger partial charge in [-0.3, -0.25) is 19.7 Å². The second-order valence-electron chi connectivity index (χ2n) is 7.31. The Morgan fingerprint density at radius 2 is 1.89 bits per heavy atom. The Balaban J connectivity index is 1.53. The number of aryl methyl sites for hydroxylation is 1. The molecule has 6 heteroatoms. The molecule has 2 aliphatic heterocycles. The number of nitrogens with one attached hydrogen (secondary N) is 1. The number of ether oxygens (including phenoxy) is 1. The number of benzene rings is 2. The average molecular weight is 378 g/mol. The third-order valence-corrected chi connectivity index (χ3v) is 5.29. The molecule has 2 aliphatic rings. The maximum absolute atomic E-state index is 12.9. The molecule has 3 amide bonds. The lowest BCUT2D eigenvalue weighted by molar-refractivity contribution is -0.132. The third kappa shape index (κ3) is 3.50. The first kappa shape index (κ1) is 18.2. The standard InChI is InChI=1S/C22H22N2O4/c1-14-8-10-15(11-9-14)13-28-19-6-2-4-16-17(19)12-24(22(16)27)18-5-3-7-20(25)23-21(18)26/h2,4,6,8-11,18H,3,5,7,12-13H2,1H3,(H,23,25,26)/t18-/m0/s1. The van der Waals surface area contributed by atoms with E-state index < -0.39 is 11.9 Å². The number of imide groups is 1. The molecule has 4 rings (SSSR count). The Kier molecular flexibility index (Phi) is 4.86. The van der Waals surface area contributed by atoms with Crippen molar-refractivity contribution in [3.8, 4) is 5.75 Å². The van der Waals surface area contributed by atoms with Gasteiger partial charge in [-0.25, -0.2) is 0 Å². The lowest BCUT2D eigenvalue weighted by atomic mass is 10.1. The van der Waals surface area contributed by atoms with Gasteiger partial charge in [0.05, 0.1) is 6.54 Å². The van der Waals surface area contributed by atoms with Crippen molar-refractivity contribution in [2.45, 2.75) is 45.4 Å². The first-order valence-corrected chi connectivity index (χ1v) is 9.48. The SMILES string of the molecule is Cc1ccc(COc2cccc3c2CN([C@H]2CCCC(=O)NC2=O)C3=O)cc1. The highest BCUT2D eigenvalue weighted by molar-refractivity contribution is 6.04. The van der Waals surface area contributed by atoms with E-state index in [0.29, 0.717) is 43.7 Å². The van der Waals surface area contributed by atoms with Crippen molar-refractivity contribution in [2.75, 3.05) is 0 Å². The summed E-state index contributed by atoms with van der Waals surface area (Å²) in [6.07, 6.45) is 1.37. The summed E-state index contributed by atoms with van der Waals surface area (Å²) in [5.41, 5.74) is 3.59. The molecule has 144 valence electrons. The molecule has 0 aliphatic carbocycles. The fourth-order valence-electron chi connectivity index (χ4n) is 3.73. The summed E-state index contributed by atoms with van der Waals surface area (Å²) in [5.74, 6) is -0.214. The smallest absolute Gasteiger partial charge is 0.255 e. The van der Waals surface area contributed by atoms with Gasteiger partial charge in [-0.05, 0) is 37.5 Å². The first-order valence-electron chi connectivity index (χ1n) is 9.48. The van der Waals surface area contributed by atoms with Crippen LogP contribution in [-0.2, 0) is 22.7 Å². The molecule has 0 unspecified atom stereocenters. The van der Waals surface area contributed by atoms with Gasteiger partial charge in [0.15, 0.2) is 0 Å². The van der Waals surface area contributed by atoms with Crippen LogP contribution in [0, 0.1) is 6.92 Å². The van der Waals surface area contributed by atoms with Gasteiger partial charge in [0.1, 0.15) is 18.4 Å². The van der Waals surface area contributed by atoms with Gasteiger partial charge in [-0.2, -0.15) is 0 Å². The molecular weight excluding hydrogens is 356 g/mol. The normalized spacial score (nSPS) is 19.2. The van der Waals surface area contributed by atoms with E-state index in [2.05, 4.69) is 5.32 Å². The van der Waals surface area contributed by atoms with E-state index in [1.165, 1.54) is 5.56 Å². The van der Waals surface area contributed by atoms with Crippen LogP contribution in [0.5, 0.6) is 5.75 Å². The van der Waals surface area contributed by atoms with E-state index >= 15 is 0 Å². The first-order chi connectivity index (χ1) is 13.5. The molecule has 1 atom stereocenters. The van der Waals surface area contributed by atoms with Gasteiger partial charge in [0.2, 0.25) is 11.8 Å². The predicted octanol–water partition coefficient (Wildman–Crippen LogP) is 2.73. The molecule has 2 aromatic carbocycles. The summed E-state index contributed by atoms with van der Waals surface area (Å²) >= 11 is 0. The number of hydrogen-bond acceptors (Lipinski definition) is 4. The predicted molar refractivity (Wildman–Crippen MR) is 103 cm³/mol. The second kappa shape index (κ2) is 7.46. The summed E-state index contributed by atoms with van der Waals surface area (Å²) in [6, 6.07) is 12.9. The molecule has 0 spiro atoms. The summed E-state index contributed by atoms with van der Waals surface area (Å²) < 4.78 is 5.99. The Morgan fingerprint density at radius 1 is 1.11 bits per heavy atom. The van der Waals surface area contributed by atoms with Crippen LogP contribution in [0.3, 0.4) is 0 Å². The summed E-state index contributed by atoms with van der Waals surface area (Å²) in [4.78, 5) is 38.4. The zero-order valence-electron chi connectivity index (χ0n) is 15.7. The van der Waals surface area contributed by atoms with Gasteiger partial charge >= 0.3 is 0 Å². The molecule has 1 fully saturated rings. The van der Waals surface area contributed by atoms with E-state index in [9.17, 15) is 14.4 Å². The second-order valence-corrected chi connectivity index (χ2v) is 7.31. The summed E-state index contributed by atoms with van der Waals surface area (Å²) in [6.45, 7) is 2.75. The number of carbonyl (C=O) groups is 3. The Labute approximate surface area is 163 Å². The largest absolute Gasteiger partial charge is 0.489 e. The van der Waals surface area contributed by atoms with Gasteiger partial charge in [-0.15, -0.1) is 0 Å². The minimum absolute atomic E-state index is 0.190. The molecule has 0 radical (unpaired) electrons. The maximum atomic E-state index is 12.9. The number of nitrogens with zero attached hydrogens (tertiary/aromatic N) is 1. The molecule has 28 heavy (non-hydrogen) atoms. The monoisotopic (exact) mass is 378 g/mol. The van der Waals surface area contributed by atoms with Crippen LogP contribution in [0.2, 0.25) is 0 Å². The van der Waals surface area contributed by atoms with E-state index in [-0.39, 0.29) is 11.8 Å². The minimum Gasteiger partial charge on any atom is -0.489 e. The maximum Gasteiger partial charge on any atom is 0.255 e. The number of hydrogen-bond donors (Lipinski definition) is 1. The summed E-state index contributed by atoms with van der Waals surface area (Å²) in [7, 11) is 0. The molecule has 6 nitrogen and oxygen atoms in total. The van der Waals surface area contributed by atoms with Crippen molar-refractivity contribution >= 4 is 17.7 Å². The number of amides is 3. The van der Waals surface area contributed by atoms with Crippen molar-refractivity contribution in [3.63, 3.8) is 0 Å². The van der Waals surface area contributed by atoms with Crippen LogP contribution in [0.25, 0.3) is 0 Å². The highest BCUT2D eigenvalue weighted by Gasteiger charge is 2.39. The zero-order valence-corrected chi connectivity index (χ0v) is 15.7. The highest BCUT2D eigenvalue weighted by Crippen LogP contribution is 2.33. The van der Waals surface area contributed by atoms with Crippen molar-refractivity contribution in [1.29, 1.82) is 0 Å². The zero-order chi connectivity index (χ0) is 19.7. The van der Waals surface area contributed by atoms with Crippen LogP contribution in [0.4, 0.5) is 0 Å². The highest BCUT2D eigenvalue weighted by atomic mass is 16.5. The lowest BCUT2D eigenvalue weighted by Gasteiger charge is -2.24. The molecule has 1 N–H and O–H groups in total. The topological polar surface area (TPSA) is 75.7 Å². The lowest BCUT2D eigenvalue weighted by Crippen LogP contribution is -2.46. The Morgan fingerprint density at radius 3 is 2.68 bits per heavy atom. The number of fused-ring (bicyclic) bond motifs is 1. The van der Waals surface area contributed by atoms with Gasteiger partial charge in [-0.1, -0.05) is 35.9 Å². The van der Waals surface area contributed by atoms with Crippen LogP contribution >= 0.6 is 0 Å². The quantitative estimate of drug-likeness (QED) is 0.830. The molecule has 1 saturated heterocycles. The molecule has 0 bridgehead atoms. The Hall–Kier alpha value is -3.15. The van der Waals surface area contributed by atoms with Gasteiger partial charge in [0, 0.05) is 17.5 Å². The number of rotatable bonds is 4. The Bertz CT molecular complexity index is 936. The van der Waals surface area contributed by atoms with Crippen molar-refractivity contribution < 1.29 is 19.1 Å². The van der Waals surface area contributed by atoms with E-state index in [0.717, 1.165) is 11.1 Å². The fourth-order valence-corrected chi connectivity index (χ4v) is 3.73. The van der Waals surface area contributed by atoms with E-state index in [1.807, 2.05) is 37.3 Å². The van der Waals surface area contributed by atoms with Crippen molar-refractivity contribution in [2.24, 2.45) is 0 Å². The van der Waals surface area contributed by atoms with Gasteiger partial charge in [0.25, 0.3) is 5.91 Å². The average Bonchev–Trinajstić information content (AvgIpc) is 2.91. The molecule has 2 heterocycles. The van der Waals surface area contributed by atoms with E-state index in [1.54, 1.807) is 17.0 Å².